The fourth-order valence-electron chi connectivity index (χ4n) is 1.49. The number of rotatable bonds is 3. The summed E-state index contributed by atoms with van der Waals surface area (Å²) in [6.07, 6.45) is 3.24. The molecule has 1 aromatic heterocycles. The predicted octanol–water partition coefficient (Wildman–Crippen LogP) is 3.83. The molecule has 0 saturated heterocycles. The number of anilines is 3. The molecule has 94 valence electrons. The Labute approximate surface area is 118 Å². The second-order valence-electron chi connectivity index (χ2n) is 3.56. The van der Waals surface area contributed by atoms with Crippen molar-refractivity contribution in [3.05, 3.63) is 40.1 Å². The number of nitrogens with zero attached hydrogens (tertiary/aromatic N) is 1. The Bertz CT molecular complexity index is 557. The monoisotopic (exact) mass is 327 g/mol. The van der Waals surface area contributed by atoms with Gasteiger partial charge in [-0.2, -0.15) is 0 Å². The molecule has 0 amide bonds. The maximum Gasteiger partial charge on any atom is 0.142 e. The highest BCUT2D eigenvalue weighted by atomic mass is 79.9. The normalized spacial score (nSPS) is 10.2. The summed E-state index contributed by atoms with van der Waals surface area (Å²) < 4.78 is 6.03. The molecule has 0 fully saturated rings. The Morgan fingerprint density at radius 2 is 2.17 bits per heavy atom. The highest BCUT2D eigenvalue weighted by Gasteiger charge is 2.09. The van der Waals surface area contributed by atoms with E-state index < -0.39 is 0 Å². The van der Waals surface area contributed by atoms with Gasteiger partial charge in [0.2, 0.25) is 0 Å². The van der Waals surface area contributed by atoms with E-state index in [9.17, 15) is 0 Å². The van der Waals surface area contributed by atoms with Crippen LogP contribution in [-0.4, -0.2) is 12.1 Å². The highest BCUT2D eigenvalue weighted by molar-refractivity contribution is 9.10. The van der Waals surface area contributed by atoms with Crippen LogP contribution in [0.4, 0.5) is 17.1 Å². The van der Waals surface area contributed by atoms with Crippen molar-refractivity contribution in [1.29, 1.82) is 0 Å². The van der Waals surface area contributed by atoms with Crippen LogP contribution in [0.1, 0.15) is 0 Å². The SMILES string of the molecule is COc1ccc(Cl)cc1Nc1c(N)cncc1Br. The smallest absolute Gasteiger partial charge is 0.142 e. The standard InChI is InChI=1S/C12H11BrClN3O/c1-18-11-3-2-7(14)4-10(11)17-12-8(13)5-16-6-9(12)15/h2-6H,15H2,1H3,(H,16,17). The van der Waals surface area contributed by atoms with Crippen LogP contribution in [0.25, 0.3) is 0 Å². The van der Waals surface area contributed by atoms with Gasteiger partial charge in [-0.1, -0.05) is 11.6 Å². The van der Waals surface area contributed by atoms with Gasteiger partial charge < -0.3 is 15.8 Å². The van der Waals surface area contributed by atoms with Gasteiger partial charge in [-0.05, 0) is 34.1 Å². The van der Waals surface area contributed by atoms with Gasteiger partial charge in [0.25, 0.3) is 0 Å². The minimum Gasteiger partial charge on any atom is -0.495 e. The Morgan fingerprint density at radius 1 is 1.39 bits per heavy atom. The lowest BCUT2D eigenvalue weighted by Crippen LogP contribution is -2.00. The van der Waals surface area contributed by atoms with Crippen molar-refractivity contribution in [2.45, 2.75) is 0 Å². The van der Waals surface area contributed by atoms with Crippen LogP contribution >= 0.6 is 27.5 Å². The third kappa shape index (κ3) is 2.68. The summed E-state index contributed by atoms with van der Waals surface area (Å²) in [5, 5.41) is 3.79. The van der Waals surface area contributed by atoms with Crippen molar-refractivity contribution in [3.63, 3.8) is 0 Å². The van der Waals surface area contributed by atoms with E-state index in [1.54, 1.807) is 37.7 Å². The van der Waals surface area contributed by atoms with Gasteiger partial charge in [0, 0.05) is 11.2 Å². The summed E-state index contributed by atoms with van der Waals surface area (Å²) >= 11 is 9.36. The zero-order valence-electron chi connectivity index (χ0n) is 9.58. The maximum atomic E-state index is 5.97. The lowest BCUT2D eigenvalue weighted by Gasteiger charge is -2.14. The zero-order chi connectivity index (χ0) is 13.1. The number of hydrogen-bond donors (Lipinski definition) is 2. The van der Waals surface area contributed by atoms with E-state index in [0.29, 0.717) is 16.5 Å². The molecule has 0 aliphatic rings. The van der Waals surface area contributed by atoms with Crippen molar-refractivity contribution < 1.29 is 4.74 Å². The average Bonchev–Trinajstić information content (AvgIpc) is 2.34. The number of nitrogens with two attached hydrogens (primary N) is 1. The Morgan fingerprint density at radius 3 is 2.83 bits per heavy atom. The number of hydrogen-bond acceptors (Lipinski definition) is 4. The van der Waals surface area contributed by atoms with Crippen molar-refractivity contribution in [2.24, 2.45) is 0 Å². The van der Waals surface area contributed by atoms with Gasteiger partial charge in [-0.15, -0.1) is 0 Å². The molecule has 0 unspecified atom stereocenters. The third-order valence-electron chi connectivity index (χ3n) is 2.35. The van der Waals surface area contributed by atoms with Crippen LogP contribution in [0.2, 0.25) is 5.02 Å². The Balaban J connectivity index is 2.42. The highest BCUT2D eigenvalue weighted by Crippen LogP contribution is 2.35. The van der Waals surface area contributed by atoms with E-state index in [1.165, 1.54) is 0 Å². The van der Waals surface area contributed by atoms with Crippen LogP contribution in [0, 0.1) is 0 Å². The molecular formula is C12H11BrClN3O. The second-order valence-corrected chi connectivity index (χ2v) is 4.85. The zero-order valence-corrected chi connectivity index (χ0v) is 11.9. The molecule has 3 N–H and O–H groups in total. The molecule has 18 heavy (non-hydrogen) atoms. The van der Waals surface area contributed by atoms with Crippen LogP contribution < -0.4 is 15.8 Å². The molecule has 0 spiro atoms. The molecule has 6 heteroatoms. The van der Waals surface area contributed by atoms with Gasteiger partial charge in [-0.3, -0.25) is 4.98 Å². The fourth-order valence-corrected chi connectivity index (χ4v) is 2.11. The Kier molecular flexibility index (Phi) is 3.93. The molecule has 2 rings (SSSR count). The molecule has 0 bridgehead atoms. The third-order valence-corrected chi connectivity index (χ3v) is 3.19. The van der Waals surface area contributed by atoms with E-state index >= 15 is 0 Å². The maximum absolute atomic E-state index is 5.97. The summed E-state index contributed by atoms with van der Waals surface area (Å²) in [6.45, 7) is 0. The van der Waals surface area contributed by atoms with Crippen molar-refractivity contribution >= 4 is 44.6 Å². The molecule has 0 aliphatic carbocycles. The summed E-state index contributed by atoms with van der Waals surface area (Å²) in [5.41, 5.74) is 7.87. The van der Waals surface area contributed by atoms with Crippen LogP contribution in [0.3, 0.4) is 0 Å². The van der Waals surface area contributed by atoms with Crippen LogP contribution in [0.15, 0.2) is 35.1 Å². The van der Waals surface area contributed by atoms with E-state index in [1.807, 2.05) is 0 Å². The minimum absolute atomic E-state index is 0.534. The predicted molar refractivity (Wildman–Crippen MR) is 77.6 cm³/mol. The van der Waals surface area contributed by atoms with E-state index in [-0.39, 0.29) is 0 Å². The fraction of sp³-hybridized carbons (Fsp3) is 0.0833. The summed E-state index contributed by atoms with van der Waals surface area (Å²) in [4.78, 5) is 3.98. The first-order valence-electron chi connectivity index (χ1n) is 5.11. The van der Waals surface area contributed by atoms with Gasteiger partial charge >= 0.3 is 0 Å². The topological polar surface area (TPSA) is 60.2 Å². The first-order valence-corrected chi connectivity index (χ1v) is 6.28. The number of aromatic nitrogens is 1. The number of halogens is 2. The molecule has 1 aromatic carbocycles. The largest absolute Gasteiger partial charge is 0.495 e. The second kappa shape index (κ2) is 5.46. The number of nitrogen functional groups attached to an aromatic ring is 1. The lowest BCUT2D eigenvalue weighted by atomic mass is 10.2. The van der Waals surface area contributed by atoms with Gasteiger partial charge in [0.05, 0.1) is 34.8 Å². The molecule has 2 aromatic rings. The quantitative estimate of drug-likeness (QED) is 0.899. The Hall–Kier alpha value is -1.46. The van der Waals surface area contributed by atoms with Gasteiger partial charge in [0.1, 0.15) is 5.75 Å². The molecular weight excluding hydrogens is 318 g/mol. The average molecular weight is 329 g/mol. The molecule has 4 nitrogen and oxygen atoms in total. The first-order chi connectivity index (χ1) is 8.61. The summed E-state index contributed by atoms with van der Waals surface area (Å²) in [5.74, 6) is 0.683. The summed E-state index contributed by atoms with van der Waals surface area (Å²) in [7, 11) is 1.60. The number of nitrogens with one attached hydrogen (secondary N) is 1. The van der Waals surface area contributed by atoms with Gasteiger partial charge in [-0.25, -0.2) is 0 Å². The van der Waals surface area contributed by atoms with E-state index in [0.717, 1.165) is 15.8 Å². The van der Waals surface area contributed by atoms with Crippen molar-refractivity contribution in [1.82, 2.24) is 4.98 Å². The number of ether oxygens (including phenoxy) is 1. The minimum atomic E-state index is 0.534. The number of methoxy groups -OCH3 is 1. The summed E-state index contributed by atoms with van der Waals surface area (Å²) in [6, 6.07) is 5.32. The molecule has 0 radical (unpaired) electrons. The molecule has 1 heterocycles. The number of pyridine rings is 1. The van der Waals surface area contributed by atoms with Crippen LogP contribution in [0.5, 0.6) is 5.75 Å². The molecule has 0 atom stereocenters. The molecule has 0 aliphatic heterocycles. The van der Waals surface area contributed by atoms with Crippen molar-refractivity contribution in [2.75, 3.05) is 18.2 Å². The van der Waals surface area contributed by atoms with E-state index in [4.69, 9.17) is 22.1 Å². The van der Waals surface area contributed by atoms with E-state index in [2.05, 4.69) is 26.2 Å². The molecule has 0 saturated carbocycles. The van der Waals surface area contributed by atoms with Crippen molar-refractivity contribution in [3.8, 4) is 5.75 Å². The van der Waals surface area contributed by atoms with Gasteiger partial charge in [0.15, 0.2) is 0 Å². The first kappa shape index (κ1) is 13.0. The lowest BCUT2D eigenvalue weighted by molar-refractivity contribution is 0.417. The van der Waals surface area contributed by atoms with Crippen LogP contribution in [-0.2, 0) is 0 Å². The number of benzene rings is 1.